The van der Waals surface area contributed by atoms with E-state index >= 15 is 0 Å². The van der Waals surface area contributed by atoms with Crippen molar-refractivity contribution in [2.75, 3.05) is 46.0 Å². The largest absolute Gasteiger partial charge is 0.286 e. The topological polar surface area (TPSA) is 109 Å². The Balaban J connectivity index is -0.00000200. The summed E-state index contributed by atoms with van der Waals surface area (Å²) in [6, 6.07) is 0. The molecular weight excluding hydrogens is 422 g/mol. The maximum Gasteiger partial charge on any atom is 0.264 e. The Hall–Kier alpha value is 2.87. The zero-order valence-electron chi connectivity index (χ0n) is 13.6. The Morgan fingerprint density at radius 2 is 0.826 bits per heavy atom. The normalized spacial score (nSPS) is 11.6. The molecule has 0 saturated carbocycles. The Morgan fingerprint density at radius 3 is 1.09 bits per heavy atom. The molecule has 0 fully saturated rings. The van der Waals surface area contributed by atoms with E-state index in [1.54, 1.807) is 35.3 Å². The van der Waals surface area contributed by atoms with Gasteiger partial charge in [0.15, 0.2) is 0 Å². The van der Waals surface area contributed by atoms with Crippen molar-refractivity contribution in [3.63, 3.8) is 0 Å². The van der Waals surface area contributed by atoms with E-state index in [0.717, 1.165) is 34.5 Å². The minimum atomic E-state index is -3.82. The molecule has 0 rings (SSSR count). The van der Waals surface area contributed by atoms with Crippen LogP contribution in [0.2, 0.25) is 0 Å². The maximum absolute atomic E-state index is 10.5. The van der Waals surface area contributed by atoms with Gasteiger partial charge in [-0.15, -0.1) is 0 Å². The van der Waals surface area contributed by atoms with E-state index < -0.39 is 20.2 Å². The summed E-state index contributed by atoms with van der Waals surface area (Å²) in [5.74, 6) is 4.98. The molecule has 0 aliphatic carbocycles. The molecule has 2 N–H and O–H groups in total. The summed E-state index contributed by atoms with van der Waals surface area (Å²) in [5.41, 5.74) is 0. The Labute approximate surface area is 196 Å². The molecule has 23 heavy (non-hydrogen) atoms. The third kappa shape index (κ3) is 29.9. The van der Waals surface area contributed by atoms with E-state index in [1.165, 1.54) is 0 Å². The van der Waals surface area contributed by atoms with E-state index in [0.29, 0.717) is 12.8 Å². The van der Waals surface area contributed by atoms with Gasteiger partial charge in [-0.25, -0.2) is 0 Å². The molecule has 130 valence electrons. The standard InChI is InChI=1S/C10H22O6S5.2Na/c11-20(12,13)9-1-3-17-5-7-19-8-6-18-4-2-10-21(14,15)16;;/h1-10H2,(H,11,12,13)(H,14,15,16);;. The summed E-state index contributed by atoms with van der Waals surface area (Å²) in [4.78, 5) is 0. The smallest absolute Gasteiger partial charge is 0.264 e. The Kier molecular flexibility index (Phi) is 24.3. The van der Waals surface area contributed by atoms with Crippen LogP contribution in [0.25, 0.3) is 0 Å². The molecule has 6 nitrogen and oxygen atoms in total. The van der Waals surface area contributed by atoms with Gasteiger partial charge < -0.3 is 0 Å². The third-order valence-corrected chi connectivity index (χ3v) is 7.38. The Bertz CT molecular complexity index is 414. The molecule has 0 saturated heterocycles. The molecule has 0 heterocycles. The molecule has 0 bridgehead atoms. The summed E-state index contributed by atoms with van der Waals surface area (Å²) < 4.78 is 58.9. The van der Waals surface area contributed by atoms with E-state index in [2.05, 4.69) is 0 Å². The van der Waals surface area contributed by atoms with Crippen LogP contribution in [0.1, 0.15) is 12.8 Å². The number of thioether (sulfide) groups is 3. The second-order valence-corrected chi connectivity index (χ2v) is 10.9. The van der Waals surface area contributed by atoms with Crippen molar-refractivity contribution < 1.29 is 25.9 Å². The SMILES string of the molecule is O=S(=O)(O)CCCSCCSCCSCCCS(=O)(=O)O.[Na].[Na]. The maximum atomic E-state index is 10.5. The fraction of sp³-hybridized carbons (Fsp3) is 1.00. The minimum absolute atomic E-state index is 0. The van der Waals surface area contributed by atoms with Crippen molar-refractivity contribution in [3.05, 3.63) is 0 Å². The van der Waals surface area contributed by atoms with Crippen LogP contribution in [-0.2, 0) is 20.2 Å². The molecule has 2 radical (unpaired) electrons. The van der Waals surface area contributed by atoms with E-state index in [1.807, 2.05) is 0 Å². The van der Waals surface area contributed by atoms with Crippen molar-refractivity contribution in [1.29, 1.82) is 0 Å². The average Bonchev–Trinajstić information content (AvgIpc) is 2.32. The van der Waals surface area contributed by atoms with Gasteiger partial charge in [-0.2, -0.15) is 52.1 Å². The van der Waals surface area contributed by atoms with E-state index in [4.69, 9.17) is 9.11 Å². The summed E-state index contributed by atoms with van der Waals surface area (Å²) in [7, 11) is -7.64. The molecule has 0 aromatic heterocycles. The summed E-state index contributed by atoms with van der Waals surface area (Å²) in [5, 5.41) is 0. The first kappa shape index (κ1) is 30.6. The van der Waals surface area contributed by atoms with Crippen LogP contribution in [0, 0.1) is 0 Å². The van der Waals surface area contributed by atoms with Crippen molar-refractivity contribution in [1.82, 2.24) is 0 Å². The molecule has 0 amide bonds. The van der Waals surface area contributed by atoms with Crippen LogP contribution in [0.3, 0.4) is 0 Å². The van der Waals surface area contributed by atoms with Gasteiger partial charge in [-0.3, -0.25) is 9.11 Å². The molecule has 0 aliphatic heterocycles. The monoisotopic (exact) mass is 444 g/mol. The third-order valence-electron chi connectivity index (χ3n) is 2.13. The van der Waals surface area contributed by atoms with Crippen molar-refractivity contribution in [3.8, 4) is 0 Å². The fourth-order valence-corrected chi connectivity index (χ4v) is 5.81. The molecular formula is C10H22Na2O6S5. The first-order valence-corrected chi connectivity index (χ1v) is 13.0. The second-order valence-electron chi connectivity index (χ2n) is 4.12. The van der Waals surface area contributed by atoms with Gasteiger partial charge in [0.05, 0.1) is 11.5 Å². The van der Waals surface area contributed by atoms with Gasteiger partial charge >= 0.3 is 0 Å². The zero-order chi connectivity index (χ0) is 16.2. The van der Waals surface area contributed by atoms with Crippen LogP contribution < -0.4 is 0 Å². The van der Waals surface area contributed by atoms with Crippen LogP contribution in [0.15, 0.2) is 0 Å². The molecule has 0 aromatic carbocycles. The molecule has 0 aromatic rings. The van der Waals surface area contributed by atoms with Crippen LogP contribution >= 0.6 is 35.3 Å². The predicted octanol–water partition coefficient (Wildman–Crippen LogP) is 0.980. The van der Waals surface area contributed by atoms with Gasteiger partial charge in [-0.1, -0.05) is 0 Å². The fourth-order valence-electron chi connectivity index (χ4n) is 1.23. The van der Waals surface area contributed by atoms with Crippen LogP contribution in [-0.4, -0.2) is 131 Å². The molecule has 0 unspecified atom stereocenters. The molecule has 0 atom stereocenters. The van der Waals surface area contributed by atoms with Crippen molar-refractivity contribution in [2.24, 2.45) is 0 Å². The number of hydrogen-bond donors (Lipinski definition) is 2. The Morgan fingerprint density at radius 1 is 0.565 bits per heavy atom. The minimum Gasteiger partial charge on any atom is -0.286 e. The van der Waals surface area contributed by atoms with E-state index in [-0.39, 0.29) is 70.6 Å². The molecule has 0 aliphatic rings. The quantitative estimate of drug-likeness (QED) is 0.230. The van der Waals surface area contributed by atoms with Gasteiger partial charge in [0.1, 0.15) is 0 Å². The molecule has 13 heteroatoms. The van der Waals surface area contributed by atoms with Gasteiger partial charge in [0.2, 0.25) is 0 Å². The molecule has 0 spiro atoms. The summed E-state index contributed by atoms with van der Waals surface area (Å²) in [6.45, 7) is 0. The summed E-state index contributed by atoms with van der Waals surface area (Å²) in [6.07, 6.45) is 0.940. The second kappa shape index (κ2) is 18.2. The van der Waals surface area contributed by atoms with Gasteiger partial charge in [0, 0.05) is 82.1 Å². The van der Waals surface area contributed by atoms with Crippen molar-refractivity contribution in [2.45, 2.75) is 12.8 Å². The first-order valence-electron chi connectivity index (χ1n) is 6.34. The zero-order valence-corrected chi connectivity index (χ0v) is 21.7. The number of rotatable bonds is 14. The van der Waals surface area contributed by atoms with Crippen molar-refractivity contribution >= 4 is 115 Å². The number of hydrogen-bond acceptors (Lipinski definition) is 7. The van der Waals surface area contributed by atoms with Gasteiger partial charge in [0.25, 0.3) is 20.2 Å². The van der Waals surface area contributed by atoms with Crippen LogP contribution in [0.4, 0.5) is 0 Å². The predicted molar refractivity (Wildman–Crippen MR) is 106 cm³/mol. The van der Waals surface area contributed by atoms with E-state index in [9.17, 15) is 16.8 Å². The van der Waals surface area contributed by atoms with Crippen LogP contribution in [0.5, 0.6) is 0 Å². The average molecular weight is 445 g/mol. The summed E-state index contributed by atoms with van der Waals surface area (Å²) >= 11 is 5.15. The first-order chi connectivity index (χ1) is 9.71. The van der Waals surface area contributed by atoms with Gasteiger partial charge in [-0.05, 0) is 24.3 Å².